The lowest BCUT2D eigenvalue weighted by Gasteiger charge is -2.17. The van der Waals surface area contributed by atoms with Crippen LogP contribution in [0, 0.1) is 0 Å². The Morgan fingerprint density at radius 1 is 0.853 bits per heavy atom. The summed E-state index contributed by atoms with van der Waals surface area (Å²) in [7, 11) is -2.19. The molecule has 0 saturated heterocycles. The van der Waals surface area contributed by atoms with Gasteiger partial charge in [-0.15, -0.1) is 0 Å². The molecule has 9 heteroatoms. The molecule has 1 aliphatic heterocycles. The van der Waals surface area contributed by atoms with Gasteiger partial charge in [0.2, 0.25) is 15.9 Å². The smallest absolute Gasteiger partial charge is 0.261 e. The van der Waals surface area contributed by atoms with E-state index in [4.69, 9.17) is 0 Å². The number of sulfonamides is 1. The Morgan fingerprint density at radius 3 is 2.00 bits per heavy atom. The van der Waals surface area contributed by atoms with Crippen LogP contribution in [-0.2, 0) is 21.4 Å². The third kappa shape index (κ3) is 4.75. The van der Waals surface area contributed by atoms with Crippen LogP contribution >= 0.6 is 0 Å². The van der Waals surface area contributed by atoms with E-state index in [2.05, 4.69) is 5.32 Å². The zero-order valence-corrected chi connectivity index (χ0v) is 19.3. The molecule has 0 saturated carbocycles. The number of benzene rings is 3. The monoisotopic (exact) mass is 477 g/mol. The quantitative estimate of drug-likeness (QED) is 0.502. The molecule has 0 bridgehead atoms. The number of carbonyl (C=O) groups is 3. The van der Waals surface area contributed by atoms with Gasteiger partial charge in [0.15, 0.2) is 0 Å². The van der Waals surface area contributed by atoms with Crippen molar-refractivity contribution in [2.75, 3.05) is 18.9 Å². The largest absolute Gasteiger partial charge is 0.326 e. The van der Waals surface area contributed by atoms with Crippen molar-refractivity contribution >= 4 is 33.4 Å². The van der Waals surface area contributed by atoms with E-state index in [1.54, 1.807) is 24.3 Å². The van der Waals surface area contributed by atoms with Gasteiger partial charge in [0.05, 0.1) is 16.0 Å². The van der Waals surface area contributed by atoms with Crippen LogP contribution < -0.4 is 5.32 Å². The average molecular weight is 478 g/mol. The highest BCUT2D eigenvalue weighted by atomic mass is 32.2. The minimum atomic E-state index is -3.70. The van der Waals surface area contributed by atoms with E-state index in [9.17, 15) is 22.8 Å². The molecule has 1 aliphatic rings. The third-order valence-electron chi connectivity index (χ3n) is 5.53. The second kappa shape index (κ2) is 9.58. The van der Waals surface area contributed by atoms with Crippen LogP contribution in [0.15, 0.2) is 83.8 Å². The number of anilines is 1. The molecule has 0 unspecified atom stereocenters. The Labute approximate surface area is 197 Å². The van der Waals surface area contributed by atoms with Crippen LogP contribution in [0.1, 0.15) is 32.7 Å². The molecule has 4 rings (SSSR count). The number of nitrogens with one attached hydrogen (secondary N) is 1. The summed E-state index contributed by atoms with van der Waals surface area (Å²) in [5.41, 5.74) is 1.96. The Bertz CT molecular complexity index is 1300. The predicted molar refractivity (Wildman–Crippen MR) is 127 cm³/mol. The van der Waals surface area contributed by atoms with Crippen LogP contribution in [0.4, 0.5) is 5.69 Å². The summed E-state index contributed by atoms with van der Waals surface area (Å²) in [4.78, 5) is 38.3. The average Bonchev–Trinajstić information content (AvgIpc) is 3.08. The molecule has 1 N–H and O–H groups in total. The summed E-state index contributed by atoms with van der Waals surface area (Å²) in [5.74, 6) is -1.22. The molecule has 34 heavy (non-hydrogen) atoms. The van der Waals surface area contributed by atoms with Crippen molar-refractivity contribution in [3.05, 3.63) is 95.6 Å². The van der Waals surface area contributed by atoms with Gasteiger partial charge in [-0.05, 0) is 42.0 Å². The molecular formula is C25H23N3O5S. The van der Waals surface area contributed by atoms with E-state index in [1.807, 2.05) is 30.3 Å². The van der Waals surface area contributed by atoms with Gasteiger partial charge in [0, 0.05) is 32.2 Å². The zero-order valence-electron chi connectivity index (χ0n) is 18.5. The molecule has 3 aromatic rings. The van der Waals surface area contributed by atoms with Crippen LogP contribution in [0.3, 0.4) is 0 Å². The van der Waals surface area contributed by atoms with Crippen molar-refractivity contribution in [2.45, 2.75) is 17.9 Å². The van der Waals surface area contributed by atoms with E-state index in [-0.39, 0.29) is 24.4 Å². The first-order chi connectivity index (χ1) is 16.3. The number of amides is 3. The Hall–Kier alpha value is -3.82. The molecule has 0 atom stereocenters. The maximum absolute atomic E-state index is 12.8. The fourth-order valence-corrected chi connectivity index (χ4v) is 4.85. The van der Waals surface area contributed by atoms with Crippen molar-refractivity contribution in [3.63, 3.8) is 0 Å². The van der Waals surface area contributed by atoms with Crippen molar-refractivity contribution in [1.29, 1.82) is 0 Å². The van der Waals surface area contributed by atoms with Gasteiger partial charge in [0.25, 0.3) is 11.8 Å². The summed E-state index contributed by atoms with van der Waals surface area (Å²) in [5, 5.41) is 2.67. The lowest BCUT2D eigenvalue weighted by molar-refractivity contribution is -0.116. The van der Waals surface area contributed by atoms with Crippen molar-refractivity contribution < 1.29 is 22.8 Å². The van der Waals surface area contributed by atoms with Gasteiger partial charge in [0.1, 0.15) is 0 Å². The maximum atomic E-state index is 12.8. The number of hydrogen-bond donors (Lipinski definition) is 1. The Kier molecular flexibility index (Phi) is 6.58. The number of fused-ring (bicyclic) bond motifs is 1. The molecule has 0 fully saturated rings. The highest BCUT2D eigenvalue weighted by molar-refractivity contribution is 7.89. The van der Waals surface area contributed by atoms with Crippen LogP contribution in [0.2, 0.25) is 0 Å². The first-order valence-electron chi connectivity index (χ1n) is 10.6. The second-order valence-electron chi connectivity index (χ2n) is 7.88. The second-order valence-corrected chi connectivity index (χ2v) is 9.92. The molecule has 0 aromatic heterocycles. The molecule has 3 amide bonds. The van der Waals surface area contributed by atoms with Gasteiger partial charge in [-0.25, -0.2) is 8.42 Å². The van der Waals surface area contributed by atoms with Crippen molar-refractivity contribution in [1.82, 2.24) is 9.21 Å². The number of imide groups is 1. The molecule has 8 nitrogen and oxygen atoms in total. The van der Waals surface area contributed by atoms with E-state index in [1.165, 1.54) is 35.6 Å². The summed E-state index contributed by atoms with van der Waals surface area (Å²) in [6.07, 6.45) is -0.0780. The number of rotatable bonds is 8. The molecule has 0 aliphatic carbocycles. The SMILES string of the molecule is CN(Cc1ccccc1)S(=O)(=O)c1ccc(NC(=O)CCN2C(=O)c3ccccc3C2=O)cc1. The first kappa shape index (κ1) is 23.3. The summed E-state index contributed by atoms with van der Waals surface area (Å²) in [6.45, 7) is 0.189. The summed E-state index contributed by atoms with van der Waals surface area (Å²) < 4.78 is 26.9. The van der Waals surface area contributed by atoms with Crippen LogP contribution in [0.25, 0.3) is 0 Å². The lowest BCUT2D eigenvalue weighted by Crippen LogP contribution is -2.32. The molecule has 3 aromatic carbocycles. The highest BCUT2D eigenvalue weighted by Crippen LogP contribution is 2.23. The van der Waals surface area contributed by atoms with E-state index in [0.717, 1.165) is 10.5 Å². The lowest BCUT2D eigenvalue weighted by atomic mass is 10.1. The van der Waals surface area contributed by atoms with E-state index >= 15 is 0 Å². The van der Waals surface area contributed by atoms with Gasteiger partial charge in [-0.2, -0.15) is 4.31 Å². The van der Waals surface area contributed by atoms with Crippen molar-refractivity contribution in [2.24, 2.45) is 0 Å². The van der Waals surface area contributed by atoms with E-state index < -0.39 is 27.7 Å². The van der Waals surface area contributed by atoms with E-state index in [0.29, 0.717) is 16.8 Å². The van der Waals surface area contributed by atoms with Gasteiger partial charge in [-0.3, -0.25) is 19.3 Å². The Balaban J connectivity index is 1.34. The minimum Gasteiger partial charge on any atom is -0.326 e. The zero-order chi connectivity index (χ0) is 24.3. The van der Waals surface area contributed by atoms with Gasteiger partial charge < -0.3 is 5.32 Å². The number of hydrogen-bond acceptors (Lipinski definition) is 5. The molecule has 1 heterocycles. The van der Waals surface area contributed by atoms with Crippen LogP contribution in [-0.4, -0.2) is 48.9 Å². The predicted octanol–water partition coefficient (Wildman–Crippen LogP) is 3.13. The van der Waals surface area contributed by atoms with Gasteiger partial charge in [-0.1, -0.05) is 42.5 Å². The highest BCUT2D eigenvalue weighted by Gasteiger charge is 2.35. The van der Waals surface area contributed by atoms with Gasteiger partial charge >= 0.3 is 0 Å². The fourth-order valence-electron chi connectivity index (χ4n) is 3.69. The summed E-state index contributed by atoms with van der Waals surface area (Å²) >= 11 is 0. The molecule has 0 spiro atoms. The number of nitrogens with zero attached hydrogens (tertiary/aromatic N) is 2. The topological polar surface area (TPSA) is 104 Å². The number of carbonyl (C=O) groups excluding carboxylic acids is 3. The maximum Gasteiger partial charge on any atom is 0.261 e. The first-order valence-corrected chi connectivity index (χ1v) is 12.1. The standard InChI is InChI=1S/C25H23N3O5S/c1-27(17-18-7-3-2-4-8-18)34(32,33)20-13-11-19(12-14-20)26-23(29)15-16-28-24(30)21-9-5-6-10-22(21)25(28)31/h2-14H,15-17H2,1H3,(H,26,29). The molecule has 0 radical (unpaired) electrons. The summed E-state index contributed by atoms with van der Waals surface area (Å²) in [6, 6.07) is 21.7. The molecule has 174 valence electrons. The molecular weight excluding hydrogens is 454 g/mol. The van der Waals surface area contributed by atoms with Crippen LogP contribution in [0.5, 0.6) is 0 Å². The third-order valence-corrected chi connectivity index (χ3v) is 7.35. The minimum absolute atomic E-state index is 0.0467. The fraction of sp³-hybridized carbons (Fsp3) is 0.160. The Morgan fingerprint density at radius 2 is 1.41 bits per heavy atom. The normalized spacial score (nSPS) is 13.3. The van der Waals surface area contributed by atoms with Crippen molar-refractivity contribution in [3.8, 4) is 0 Å².